The summed E-state index contributed by atoms with van der Waals surface area (Å²) in [5.41, 5.74) is 4.09. The summed E-state index contributed by atoms with van der Waals surface area (Å²) in [4.78, 5) is 7.89. The lowest BCUT2D eigenvalue weighted by atomic mass is 10.1. The normalized spacial score (nSPS) is 19.1. The van der Waals surface area contributed by atoms with Gasteiger partial charge < -0.3 is 15.6 Å². The van der Waals surface area contributed by atoms with E-state index in [-0.39, 0.29) is 11.4 Å². The molecule has 0 bridgehead atoms. The minimum Gasteiger partial charge on any atom is -0.381 e. The lowest BCUT2D eigenvalue weighted by Crippen LogP contribution is -2.31. The van der Waals surface area contributed by atoms with Gasteiger partial charge in [0, 0.05) is 21.7 Å². The standard InChI is InChI=1S/C20H17BrCl2N4/c21-13-5-7-14(8-6-13)24-11-12-4-9-17-18(10-12)26-20(25-17)27-19-15(22)2-1-3-16(19)23/h1-10,15,19,24H,11H2,(H2,25,26,27). The first kappa shape index (κ1) is 18.4. The molecule has 1 heterocycles. The van der Waals surface area contributed by atoms with Gasteiger partial charge in [-0.15, -0.1) is 11.6 Å². The van der Waals surface area contributed by atoms with Gasteiger partial charge in [0.25, 0.3) is 0 Å². The van der Waals surface area contributed by atoms with Gasteiger partial charge in [0.05, 0.1) is 22.5 Å². The Morgan fingerprint density at radius 3 is 2.74 bits per heavy atom. The highest BCUT2D eigenvalue weighted by Crippen LogP contribution is 2.25. The fourth-order valence-electron chi connectivity index (χ4n) is 2.92. The van der Waals surface area contributed by atoms with Crippen LogP contribution < -0.4 is 10.6 Å². The number of H-pyrrole nitrogens is 1. The van der Waals surface area contributed by atoms with Crippen molar-refractivity contribution in [3.63, 3.8) is 0 Å². The fourth-order valence-corrected chi connectivity index (χ4v) is 3.80. The van der Waals surface area contributed by atoms with Gasteiger partial charge in [-0.05, 0) is 48.0 Å². The fraction of sp³-hybridized carbons (Fsp3) is 0.150. The summed E-state index contributed by atoms with van der Waals surface area (Å²) in [6.07, 6.45) is 5.60. The van der Waals surface area contributed by atoms with Crippen LogP contribution in [0.3, 0.4) is 0 Å². The van der Waals surface area contributed by atoms with Crippen LogP contribution in [-0.4, -0.2) is 21.4 Å². The minimum atomic E-state index is -0.221. The van der Waals surface area contributed by atoms with Crippen LogP contribution in [0.1, 0.15) is 5.56 Å². The highest BCUT2D eigenvalue weighted by molar-refractivity contribution is 9.10. The van der Waals surface area contributed by atoms with Gasteiger partial charge in [0.1, 0.15) is 0 Å². The number of aromatic nitrogens is 2. The lowest BCUT2D eigenvalue weighted by molar-refractivity contribution is 0.861. The Kier molecular flexibility index (Phi) is 5.43. The minimum absolute atomic E-state index is 0.197. The maximum atomic E-state index is 6.33. The van der Waals surface area contributed by atoms with Gasteiger partial charge in [-0.3, -0.25) is 0 Å². The van der Waals surface area contributed by atoms with E-state index in [0.29, 0.717) is 11.0 Å². The van der Waals surface area contributed by atoms with E-state index in [4.69, 9.17) is 23.2 Å². The Morgan fingerprint density at radius 1 is 1.15 bits per heavy atom. The van der Waals surface area contributed by atoms with Crippen molar-refractivity contribution in [2.45, 2.75) is 18.0 Å². The third kappa shape index (κ3) is 4.32. The third-order valence-corrected chi connectivity index (χ3v) is 5.63. The van der Waals surface area contributed by atoms with E-state index in [1.807, 2.05) is 48.6 Å². The van der Waals surface area contributed by atoms with Gasteiger partial charge in [0.15, 0.2) is 0 Å². The molecule has 1 aliphatic carbocycles. The molecule has 1 aliphatic rings. The molecule has 7 heteroatoms. The van der Waals surface area contributed by atoms with Crippen molar-refractivity contribution < 1.29 is 0 Å². The monoisotopic (exact) mass is 462 g/mol. The Balaban J connectivity index is 1.47. The molecule has 3 aromatic rings. The summed E-state index contributed by atoms with van der Waals surface area (Å²) in [6.45, 7) is 0.727. The molecular formula is C20H17BrCl2N4. The van der Waals surface area contributed by atoms with Crippen molar-refractivity contribution in [3.8, 4) is 0 Å². The van der Waals surface area contributed by atoms with Crippen LogP contribution in [0.4, 0.5) is 11.6 Å². The number of allylic oxidation sites excluding steroid dienone is 2. The summed E-state index contributed by atoms with van der Waals surface area (Å²) in [5.74, 6) is 0.653. The molecule has 0 saturated heterocycles. The highest BCUT2D eigenvalue weighted by atomic mass is 79.9. The first-order valence-electron chi connectivity index (χ1n) is 8.51. The zero-order valence-corrected chi connectivity index (χ0v) is 17.3. The number of hydrogen-bond donors (Lipinski definition) is 3. The summed E-state index contributed by atoms with van der Waals surface area (Å²) in [7, 11) is 0. The second-order valence-corrected chi connectivity index (χ2v) is 8.16. The average molecular weight is 464 g/mol. The number of halogens is 3. The molecule has 27 heavy (non-hydrogen) atoms. The van der Waals surface area contributed by atoms with Gasteiger partial charge >= 0.3 is 0 Å². The molecule has 4 rings (SSSR count). The largest absolute Gasteiger partial charge is 0.381 e. The van der Waals surface area contributed by atoms with Crippen molar-refractivity contribution in [3.05, 3.63) is 75.8 Å². The second-order valence-electron chi connectivity index (χ2n) is 6.30. The molecule has 3 N–H and O–H groups in total. The molecule has 2 atom stereocenters. The quantitative estimate of drug-likeness (QED) is 0.405. The number of benzene rings is 2. The first-order chi connectivity index (χ1) is 13.1. The number of rotatable bonds is 5. The van der Waals surface area contributed by atoms with E-state index in [9.17, 15) is 0 Å². The predicted octanol–water partition coefficient (Wildman–Crippen LogP) is 6.02. The molecule has 0 aliphatic heterocycles. The molecule has 138 valence electrons. The van der Waals surface area contributed by atoms with Gasteiger partial charge in [-0.25, -0.2) is 4.98 Å². The predicted molar refractivity (Wildman–Crippen MR) is 118 cm³/mol. The van der Waals surface area contributed by atoms with Crippen molar-refractivity contribution in [2.75, 3.05) is 10.6 Å². The summed E-state index contributed by atoms with van der Waals surface area (Å²) in [6, 6.07) is 14.1. The smallest absolute Gasteiger partial charge is 0.201 e. The number of anilines is 2. The molecule has 2 aromatic carbocycles. The van der Waals surface area contributed by atoms with Crippen molar-refractivity contribution in [2.24, 2.45) is 0 Å². The second kappa shape index (κ2) is 7.97. The number of fused-ring (bicyclic) bond motifs is 1. The molecular weight excluding hydrogens is 447 g/mol. The van der Waals surface area contributed by atoms with Crippen LogP contribution in [-0.2, 0) is 6.54 Å². The van der Waals surface area contributed by atoms with Crippen molar-refractivity contribution in [1.29, 1.82) is 0 Å². The molecule has 4 nitrogen and oxygen atoms in total. The molecule has 0 fully saturated rings. The molecule has 0 amide bonds. The maximum absolute atomic E-state index is 6.33. The number of hydrogen-bond acceptors (Lipinski definition) is 3. The Labute approximate surface area is 175 Å². The maximum Gasteiger partial charge on any atom is 0.201 e. The van der Waals surface area contributed by atoms with Gasteiger partial charge in [-0.1, -0.05) is 45.7 Å². The van der Waals surface area contributed by atoms with Crippen LogP contribution in [0.2, 0.25) is 0 Å². The van der Waals surface area contributed by atoms with Gasteiger partial charge in [-0.2, -0.15) is 0 Å². The van der Waals surface area contributed by atoms with E-state index < -0.39 is 0 Å². The number of nitrogens with zero attached hydrogens (tertiary/aromatic N) is 1. The Hall–Kier alpha value is -1.95. The summed E-state index contributed by atoms with van der Waals surface area (Å²) in [5, 5.41) is 7.14. The van der Waals surface area contributed by atoms with E-state index >= 15 is 0 Å². The first-order valence-corrected chi connectivity index (χ1v) is 10.1. The molecule has 0 spiro atoms. The van der Waals surface area contributed by atoms with Gasteiger partial charge in [0.2, 0.25) is 5.95 Å². The van der Waals surface area contributed by atoms with E-state index in [0.717, 1.165) is 33.3 Å². The van der Waals surface area contributed by atoms with Crippen molar-refractivity contribution >= 4 is 61.8 Å². The van der Waals surface area contributed by atoms with Crippen LogP contribution in [0.15, 0.2) is 70.2 Å². The van der Waals surface area contributed by atoms with Crippen LogP contribution in [0, 0.1) is 0 Å². The zero-order valence-electron chi connectivity index (χ0n) is 14.2. The number of aromatic amines is 1. The van der Waals surface area contributed by atoms with E-state index in [1.54, 1.807) is 0 Å². The number of alkyl halides is 1. The zero-order chi connectivity index (χ0) is 18.8. The van der Waals surface area contributed by atoms with Crippen molar-refractivity contribution in [1.82, 2.24) is 9.97 Å². The molecule has 2 unspecified atom stereocenters. The third-order valence-electron chi connectivity index (χ3n) is 4.35. The van der Waals surface area contributed by atoms with E-state index in [1.165, 1.54) is 0 Å². The summed E-state index contributed by atoms with van der Waals surface area (Å²) < 4.78 is 1.06. The SMILES string of the molecule is ClC1=CC=CC(Cl)C1Nc1nc2ccc(CNc3ccc(Br)cc3)cc2[nH]1. The van der Waals surface area contributed by atoms with Crippen LogP contribution >= 0.6 is 39.1 Å². The Morgan fingerprint density at radius 2 is 1.96 bits per heavy atom. The molecule has 1 aromatic heterocycles. The number of imidazole rings is 1. The highest BCUT2D eigenvalue weighted by Gasteiger charge is 2.23. The van der Waals surface area contributed by atoms with E-state index in [2.05, 4.69) is 48.7 Å². The van der Waals surface area contributed by atoms with Crippen LogP contribution in [0.5, 0.6) is 0 Å². The average Bonchev–Trinajstić information content (AvgIpc) is 3.06. The lowest BCUT2D eigenvalue weighted by Gasteiger charge is -2.22. The topological polar surface area (TPSA) is 52.7 Å². The van der Waals surface area contributed by atoms with Crippen LogP contribution in [0.25, 0.3) is 11.0 Å². The molecule has 0 radical (unpaired) electrons. The summed E-state index contributed by atoms with van der Waals surface area (Å²) >= 11 is 16.0. The Bertz CT molecular complexity index is 1010. The molecule has 0 saturated carbocycles. The number of nitrogens with one attached hydrogen (secondary N) is 3.